The average Bonchev–Trinajstić information content (AvgIpc) is 2.48. The van der Waals surface area contributed by atoms with E-state index in [2.05, 4.69) is 5.10 Å². The van der Waals surface area contributed by atoms with E-state index >= 15 is 0 Å². The third-order valence-corrected chi connectivity index (χ3v) is 3.05. The van der Waals surface area contributed by atoms with E-state index in [1.165, 1.54) is 48.7 Å². The molecule has 0 N–H and O–H groups in total. The van der Waals surface area contributed by atoms with Crippen LogP contribution in [0.2, 0.25) is 0 Å². The molecule has 0 atom stereocenters. The smallest absolute Gasteiger partial charge is 0.267 e. The molecule has 0 amide bonds. The molecule has 0 saturated heterocycles. The van der Waals surface area contributed by atoms with Crippen LogP contribution in [0.1, 0.15) is 0 Å². The van der Waals surface area contributed by atoms with Crippen LogP contribution >= 0.6 is 0 Å². The van der Waals surface area contributed by atoms with Crippen LogP contribution in [0.5, 0.6) is 0 Å². The molecule has 0 saturated carbocycles. The molecular weight excluding hydrogens is 277 g/mol. The van der Waals surface area contributed by atoms with Crippen molar-refractivity contribution in [1.82, 2.24) is 9.78 Å². The molecule has 0 aliphatic carbocycles. The third-order valence-electron chi connectivity index (χ3n) is 3.05. The molecular formula is C14H8FN3O3. The number of nitro benzene ring substituents is 1. The molecule has 104 valence electrons. The van der Waals surface area contributed by atoms with Gasteiger partial charge in [0.1, 0.15) is 5.82 Å². The molecule has 3 aromatic rings. The van der Waals surface area contributed by atoms with Crippen LogP contribution in [0.3, 0.4) is 0 Å². The highest BCUT2D eigenvalue weighted by molar-refractivity contribution is 5.83. The maximum absolute atomic E-state index is 12.9. The van der Waals surface area contributed by atoms with Gasteiger partial charge in [0.05, 0.1) is 22.2 Å². The van der Waals surface area contributed by atoms with Gasteiger partial charge in [0.25, 0.3) is 11.2 Å². The van der Waals surface area contributed by atoms with Crippen molar-refractivity contribution in [2.24, 2.45) is 0 Å². The van der Waals surface area contributed by atoms with Gasteiger partial charge in [0.15, 0.2) is 0 Å². The lowest BCUT2D eigenvalue weighted by atomic mass is 10.2. The van der Waals surface area contributed by atoms with E-state index in [4.69, 9.17) is 0 Å². The highest BCUT2D eigenvalue weighted by atomic mass is 19.1. The van der Waals surface area contributed by atoms with E-state index in [0.29, 0.717) is 11.1 Å². The molecule has 0 unspecified atom stereocenters. The number of nitrogens with zero attached hydrogens (tertiary/aromatic N) is 3. The fourth-order valence-corrected chi connectivity index (χ4v) is 2.01. The highest BCUT2D eigenvalue weighted by Gasteiger charge is 2.11. The summed E-state index contributed by atoms with van der Waals surface area (Å²) in [6.45, 7) is 0. The van der Waals surface area contributed by atoms with E-state index < -0.39 is 16.3 Å². The maximum Gasteiger partial charge on any atom is 0.279 e. The van der Waals surface area contributed by atoms with Crippen molar-refractivity contribution in [2.75, 3.05) is 0 Å². The van der Waals surface area contributed by atoms with Gasteiger partial charge < -0.3 is 0 Å². The number of fused-ring (bicyclic) bond motifs is 1. The van der Waals surface area contributed by atoms with Crippen molar-refractivity contribution < 1.29 is 9.31 Å². The van der Waals surface area contributed by atoms with Gasteiger partial charge in [-0.2, -0.15) is 9.78 Å². The maximum atomic E-state index is 12.9. The van der Waals surface area contributed by atoms with Gasteiger partial charge in [-0.3, -0.25) is 14.9 Å². The number of hydrogen-bond donors (Lipinski definition) is 0. The predicted octanol–water partition coefficient (Wildman–Crippen LogP) is 2.43. The Hall–Kier alpha value is -3.09. The van der Waals surface area contributed by atoms with Gasteiger partial charge in [0.2, 0.25) is 0 Å². The third kappa shape index (κ3) is 2.25. The van der Waals surface area contributed by atoms with Gasteiger partial charge >= 0.3 is 0 Å². The topological polar surface area (TPSA) is 78.0 Å². The predicted molar refractivity (Wildman–Crippen MR) is 74.0 cm³/mol. The summed E-state index contributed by atoms with van der Waals surface area (Å²) in [6, 6.07) is 9.23. The molecule has 21 heavy (non-hydrogen) atoms. The number of aromatic nitrogens is 2. The highest BCUT2D eigenvalue weighted by Crippen LogP contribution is 2.17. The second-order valence-corrected chi connectivity index (χ2v) is 4.37. The zero-order valence-corrected chi connectivity index (χ0v) is 10.6. The molecule has 0 fully saturated rings. The molecule has 2 aromatic carbocycles. The molecule has 0 aliphatic heterocycles. The minimum atomic E-state index is -0.568. The van der Waals surface area contributed by atoms with Crippen molar-refractivity contribution in [3.8, 4) is 5.69 Å². The normalized spacial score (nSPS) is 10.7. The Morgan fingerprint density at radius 3 is 2.52 bits per heavy atom. The Kier molecular flexibility index (Phi) is 2.94. The monoisotopic (exact) mass is 285 g/mol. The first-order valence-corrected chi connectivity index (χ1v) is 5.99. The molecule has 3 rings (SSSR count). The van der Waals surface area contributed by atoms with E-state index in [0.717, 1.165) is 4.68 Å². The van der Waals surface area contributed by atoms with E-state index in [1.54, 1.807) is 0 Å². The van der Waals surface area contributed by atoms with Gasteiger partial charge in [-0.25, -0.2) is 4.39 Å². The summed E-state index contributed by atoms with van der Waals surface area (Å²) in [5, 5.41) is 15.5. The van der Waals surface area contributed by atoms with E-state index in [-0.39, 0.29) is 11.1 Å². The summed E-state index contributed by atoms with van der Waals surface area (Å²) in [6.07, 6.45) is 1.43. The SMILES string of the molecule is O=c1c2cc([N+](=O)[O-])ccc2cnn1-c1ccc(F)cc1. The Labute approximate surface area is 117 Å². The lowest BCUT2D eigenvalue weighted by Gasteiger charge is -2.05. The zero-order chi connectivity index (χ0) is 15.0. The second kappa shape index (κ2) is 4.78. The van der Waals surface area contributed by atoms with Gasteiger partial charge in [-0.15, -0.1) is 0 Å². The van der Waals surface area contributed by atoms with Crippen molar-refractivity contribution in [3.05, 3.63) is 74.9 Å². The van der Waals surface area contributed by atoms with Crippen LogP contribution in [0.15, 0.2) is 53.5 Å². The van der Waals surface area contributed by atoms with Crippen molar-refractivity contribution >= 4 is 16.5 Å². The van der Waals surface area contributed by atoms with Gasteiger partial charge in [-0.05, 0) is 30.3 Å². The summed E-state index contributed by atoms with van der Waals surface area (Å²) in [4.78, 5) is 22.6. The summed E-state index contributed by atoms with van der Waals surface area (Å²) in [5.41, 5.74) is -0.283. The number of hydrogen-bond acceptors (Lipinski definition) is 4. The molecule has 0 aliphatic rings. The average molecular weight is 285 g/mol. The Bertz CT molecular complexity index is 903. The zero-order valence-electron chi connectivity index (χ0n) is 10.6. The van der Waals surface area contributed by atoms with Crippen molar-refractivity contribution in [2.45, 2.75) is 0 Å². The molecule has 1 aromatic heterocycles. The van der Waals surface area contributed by atoms with Gasteiger partial charge in [-0.1, -0.05) is 0 Å². The Morgan fingerprint density at radius 1 is 1.14 bits per heavy atom. The number of rotatable bonds is 2. The second-order valence-electron chi connectivity index (χ2n) is 4.37. The summed E-state index contributed by atoms with van der Waals surface area (Å²) in [7, 11) is 0. The van der Waals surface area contributed by atoms with Crippen LogP contribution in [0.4, 0.5) is 10.1 Å². The molecule has 0 radical (unpaired) electrons. The quantitative estimate of drug-likeness (QED) is 0.535. The van der Waals surface area contributed by atoms with Crippen molar-refractivity contribution in [3.63, 3.8) is 0 Å². The van der Waals surface area contributed by atoms with E-state index in [9.17, 15) is 19.3 Å². The largest absolute Gasteiger partial charge is 0.279 e. The van der Waals surface area contributed by atoms with E-state index in [1.807, 2.05) is 0 Å². The molecule has 1 heterocycles. The molecule has 6 nitrogen and oxygen atoms in total. The van der Waals surface area contributed by atoms with Crippen LogP contribution < -0.4 is 5.56 Å². The number of benzene rings is 2. The number of halogens is 1. The minimum absolute atomic E-state index is 0.170. The fourth-order valence-electron chi connectivity index (χ4n) is 2.01. The first-order chi connectivity index (χ1) is 10.1. The number of non-ortho nitro benzene ring substituents is 1. The summed E-state index contributed by atoms with van der Waals surface area (Å²) >= 11 is 0. The van der Waals surface area contributed by atoms with Crippen LogP contribution in [0.25, 0.3) is 16.5 Å². The lowest BCUT2D eigenvalue weighted by molar-refractivity contribution is -0.384. The first-order valence-electron chi connectivity index (χ1n) is 5.99. The fraction of sp³-hybridized carbons (Fsp3) is 0. The summed E-state index contributed by atoms with van der Waals surface area (Å²) < 4.78 is 14.0. The lowest BCUT2D eigenvalue weighted by Crippen LogP contribution is -2.20. The standard InChI is InChI=1S/C14H8FN3O3/c15-10-2-5-11(6-3-10)17-14(19)13-7-12(18(20)21)4-1-9(13)8-16-17/h1-8H. The molecule has 0 bridgehead atoms. The first kappa shape index (κ1) is 12.9. The Morgan fingerprint density at radius 2 is 1.86 bits per heavy atom. The Balaban J connectivity index is 2.26. The molecule has 0 spiro atoms. The van der Waals surface area contributed by atoms with Gasteiger partial charge in [0, 0.05) is 17.5 Å². The van der Waals surface area contributed by atoms with Crippen LogP contribution in [0, 0.1) is 15.9 Å². The minimum Gasteiger partial charge on any atom is -0.267 e. The van der Waals surface area contributed by atoms with Crippen molar-refractivity contribution in [1.29, 1.82) is 0 Å². The number of nitro groups is 1. The van der Waals surface area contributed by atoms with Crippen LogP contribution in [-0.2, 0) is 0 Å². The molecule has 7 heteroatoms. The summed E-state index contributed by atoms with van der Waals surface area (Å²) in [5.74, 6) is -0.428. The van der Waals surface area contributed by atoms with Crippen LogP contribution in [-0.4, -0.2) is 14.7 Å².